The zero-order valence-corrected chi connectivity index (χ0v) is 13.5. The van der Waals surface area contributed by atoms with Crippen molar-refractivity contribution in [2.45, 2.75) is 59.0 Å². The van der Waals surface area contributed by atoms with Crippen LogP contribution in [-0.2, 0) is 9.53 Å². The second-order valence-corrected chi connectivity index (χ2v) is 7.73. The first-order valence-electron chi connectivity index (χ1n) is 7.83. The molecule has 2 fully saturated rings. The van der Waals surface area contributed by atoms with Crippen LogP contribution in [0, 0.1) is 17.3 Å². The molecule has 5 heteroatoms. The summed E-state index contributed by atoms with van der Waals surface area (Å²) in [5.41, 5.74) is -0.483. The average molecular weight is 297 g/mol. The number of carbonyl (C=O) groups is 2. The minimum atomic E-state index is -0.700. The fourth-order valence-corrected chi connectivity index (χ4v) is 3.69. The van der Waals surface area contributed by atoms with Crippen molar-refractivity contribution in [2.75, 3.05) is 13.1 Å². The van der Waals surface area contributed by atoms with Gasteiger partial charge in [-0.15, -0.1) is 0 Å². The zero-order valence-electron chi connectivity index (χ0n) is 13.5. The maximum Gasteiger partial charge on any atom is 0.410 e. The van der Waals surface area contributed by atoms with Gasteiger partial charge in [-0.25, -0.2) is 4.79 Å². The number of carboxylic acid groups (broad SMARTS) is 1. The van der Waals surface area contributed by atoms with Crippen molar-refractivity contribution in [3.05, 3.63) is 0 Å². The molecule has 0 aromatic rings. The number of likely N-dealkylation sites (tertiary alicyclic amines) is 1. The van der Waals surface area contributed by atoms with Crippen LogP contribution in [0.25, 0.3) is 0 Å². The highest BCUT2D eigenvalue weighted by Gasteiger charge is 2.53. The molecule has 0 aromatic carbocycles. The normalized spacial score (nSPS) is 28.1. The molecule has 1 N–H and O–H groups in total. The Morgan fingerprint density at radius 3 is 2.38 bits per heavy atom. The maximum atomic E-state index is 12.1. The predicted octanol–water partition coefficient (Wildman–Crippen LogP) is 3.13. The van der Waals surface area contributed by atoms with Crippen LogP contribution >= 0.6 is 0 Å². The Hall–Kier alpha value is -1.26. The molecular formula is C16H27NO4. The second kappa shape index (κ2) is 5.50. The number of hydrogen-bond donors (Lipinski definition) is 1. The number of nitrogens with zero attached hydrogens (tertiary/aromatic N) is 1. The van der Waals surface area contributed by atoms with Crippen LogP contribution in [-0.4, -0.2) is 40.8 Å². The van der Waals surface area contributed by atoms with Crippen molar-refractivity contribution >= 4 is 12.1 Å². The number of aliphatic carboxylic acids is 1. The quantitative estimate of drug-likeness (QED) is 0.869. The predicted molar refractivity (Wildman–Crippen MR) is 79.0 cm³/mol. The summed E-state index contributed by atoms with van der Waals surface area (Å²) in [6, 6.07) is 0. The molecule has 1 aliphatic carbocycles. The van der Waals surface area contributed by atoms with E-state index in [0.717, 1.165) is 19.3 Å². The molecule has 2 unspecified atom stereocenters. The lowest BCUT2D eigenvalue weighted by Gasteiger charge is -2.41. The van der Waals surface area contributed by atoms with E-state index >= 15 is 0 Å². The number of carboxylic acids is 1. The average Bonchev–Trinajstić information content (AvgIpc) is 3.06. The van der Waals surface area contributed by atoms with E-state index in [2.05, 4.69) is 6.92 Å². The van der Waals surface area contributed by atoms with Gasteiger partial charge in [0.15, 0.2) is 0 Å². The van der Waals surface area contributed by atoms with Gasteiger partial charge in [-0.2, -0.15) is 0 Å². The van der Waals surface area contributed by atoms with E-state index < -0.39 is 11.6 Å². The highest BCUT2D eigenvalue weighted by molar-refractivity contribution is 5.69. The van der Waals surface area contributed by atoms with E-state index in [1.54, 1.807) is 4.90 Å². The first kappa shape index (κ1) is 16.1. The summed E-state index contributed by atoms with van der Waals surface area (Å²) < 4.78 is 5.42. The molecule has 1 amide bonds. The van der Waals surface area contributed by atoms with E-state index in [0.29, 0.717) is 24.9 Å². The molecular weight excluding hydrogens is 270 g/mol. The minimum absolute atomic E-state index is 0.00866. The van der Waals surface area contributed by atoms with Gasteiger partial charge < -0.3 is 14.7 Å². The standard InChI is InChI=1S/C16H27NO4/c1-11-10-17(14(20)21-15(2,3)4)8-5-12(11)16(6-7-16)9-13(18)19/h11-12H,5-10H2,1-4H3,(H,18,19). The molecule has 0 radical (unpaired) electrons. The molecule has 1 saturated heterocycles. The summed E-state index contributed by atoms with van der Waals surface area (Å²) >= 11 is 0. The van der Waals surface area contributed by atoms with E-state index in [9.17, 15) is 9.59 Å². The Kier molecular flexibility index (Phi) is 4.22. The van der Waals surface area contributed by atoms with Crippen LogP contribution in [0.1, 0.15) is 53.4 Å². The highest BCUT2D eigenvalue weighted by atomic mass is 16.6. The van der Waals surface area contributed by atoms with E-state index in [1.165, 1.54) is 0 Å². The van der Waals surface area contributed by atoms with E-state index in [4.69, 9.17) is 9.84 Å². The molecule has 2 atom stereocenters. The molecule has 1 aliphatic heterocycles. The van der Waals surface area contributed by atoms with Gasteiger partial charge in [0.1, 0.15) is 5.60 Å². The molecule has 120 valence electrons. The number of ether oxygens (including phenoxy) is 1. The monoisotopic (exact) mass is 297 g/mol. The second-order valence-electron chi connectivity index (χ2n) is 7.73. The fourth-order valence-electron chi connectivity index (χ4n) is 3.69. The van der Waals surface area contributed by atoms with Gasteiger partial charge in [-0.1, -0.05) is 6.92 Å². The lowest BCUT2D eigenvalue weighted by atomic mass is 9.74. The molecule has 2 rings (SSSR count). The molecule has 21 heavy (non-hydrogen) atoms. The smallest absolute Gasteiger partial charge is 0.410 e. The fraction of sp³-hybridized carbons (Fsp3) is 0.875. The number of piperidine rings is 1. The largest absolute Gasteiger partial charge is 0.481 e. The summed E-state index contributed by atoms with van der Waals surface area (Å²) in [6.07, 6.45) is 2.93. The molecule has 2 aliphatic rings. The van der Waals surface area contributed by atoms with Crippen LogP contribution in [0.15, 0.2) is 0 Å². The number of carbonyl (C=O) groups excluding carboxylic acids is 1. The molecule has 0 spiro atoms. The van der Waals surface area contributed by atoms with Crippen LogP contribution < -0.4 is 0 Å². The summed E-state index contributed by atoms with van der Waals surface area (Å²) in [4.78, 5) is 24.9. The van der Waals surface area contributed by atoms with Gasteiger partial charge in [0.25, 0.3) is 0 Å². The first-order chi connectivity index (χ1) is 9.63. The Bertz CT molecular complexity index is 422. The van der Waals surface area contributed by atoms with Gasteiger partial charge in [0.05, 0.1) is 6.42 Å². The Labute approximate surface area is 126 Å². The Balaban J connectivity index is 1.94. The molecule has 1 heterocycles. The number of amides is 1. The topological polar surface area (TPSA) is 66.8 Å². The van der Waals surface area contributed by atoms with Gasteiger partial charge in [0.2, 0.25) is 0 Å². The summed E-state index contributed by atoms with van der Waals surface area (Å²) in [6.45, 7) is 9.07. The van der Waals surface area contributed by atoms with Gasteiger partial charge >= 0.3 is 12.1 Å². The van der Waals surface area contributed by atoms with E-state index in [-0.39, 0.29) is 17.9 Å². The van der Waals surface area contributed by atoms with Crippen molar-refractivity contribution in [1.29, 1.82) is 0 Å². The number of hydrogen-bond acceptors (Lipinski definition) is 3. The Morgan fingerprint density at radius 2 is 1.95 bits per heavy atom. The van der Waals surface area contributed by atoms with Crippen molar-refractivity contribution in [3.63, 3.8) is 0 Å². The highest BCUT2D eigenvalue weighted by Crippen LogP contribution is 2.59. The van der Waals surface area contributed by atoms with E-state index in [1.807, 2.05) is 20.8 Å². The van der Waals surface area contributed by atoms with Gasteiger partial charge in [-0.05, 0) is 57.3 Å². The Morgan fingerprint density at radius 1 is 1.33 bits per heavy atom. The molecule has 0 bridgehead atoms. The van der Waals surface area contributed by atoms with Crippen LogP contribution in [0.5, 0.6) is 0 Å². The summed E-state index contributed by atoms with van der Waals surface area (Å²) in [5.74, 6) is 0.0367. The molecule has 5 nitrogen and oxygen atoms in total. The van der Waals surface area contributed by atoms with Crippen LogP contribution in [0.3, 0.4) is 0 Å². The lowest BCUT2D eigenvalue weighted by Crippen LogP contribution is -2.47. The van der Waals surface area contributed by atoms with Crippen LogP contribution in [0.2, 0.25) is 0 Å². The van der Waals surface area contributed by atoms with Crippen molar-refractivity contribution in [3.8, 4) is 0 Å². The van der Waals surface area contributed by atoms with Gasteiger partial charge in [-0.3, -0.25) is 4.79 Å². The third-order valence-corrected chi connectivity index (χ3v) is 4.74. The third kappa shape index (κ3) is 3.89. The van der Waals surface area contributed by atoms with Crippen molar-refractivity contribution in [2.24, 2.45) is 17.3 Å². The van der Waals surface area contributed by atoms with Crippen molar-refractivity contribution < 1.29 is 19.4 Å². The molecule has 0 aromatic heterocycles. The van der Waals surface area contributed by atoms with Gasteiger partial charge in [0, 0.05) is 13.1 Å². The minimum Gasteiger partial charge on any atom is -0.481 e. The van der Waals surface area contributed by atoms with Crippen LogP contribution in [0.4, 0.5) is 4.79 Å². The summed E-state index contributed by atoms with van der Waals surface area (Å²) in [5, 5.41) is 9.09. The summed E-state index contributed by atoms with van der Waals surface area (Å²) in [7, 11) is 0. The lowest BCUT2D eigenvalue weighted by molar-refractivity contribution is -0.139. The van der Waals surface area contributed by atoms with Crippen molar-refractivity contribution in [1.82, 2.24) is 4.90 Å². The first-order valence-corrected chi connectivity index (χ1v) is 7.83. The SMILES string of the molecule is CC1CN(C(=O)OC(C)(C)C)CCC1C1(CC(=O)O)CC1. The zero-order chi connectivity index (χ0) is 15.8. The third-order valence-electron chi connectivity index (χ3n) is 4.74. The maximum absolute atomic E-state index is 12.1. The number of rotatable bonds is 3. The molecule has 1 saturated carbocycles.